The molecule has 3 N–H and O–H groups in total. The summed E-state index contributed by atoms with van der Waals surface area (Å²) in [6.45, 7) is 1.79. The van der Waals surface area contributed by atoms with Crippen molar-refractivity contribution in [1.29, 1.82) is 0 Å². The molecule has 0 amide bonds. The number of aryl methyl sites for hydroxylation is 2. The van der Waals surface area contributed by atoms with Crippen LogP contribution in [0.3, 0.4) is 0 Å². The van der Waals surface area contributed by atoms with Crippen molar-refractivity contribution in [2.24, 2.45) is 7.05 Å². The number of imidazole rings is 1. The minimum atomic E-state index is -1.68. The molecule has 0 aliphatic rings. The zero-order valence-corrected chi connectivity index (χ0v) is 13.3. The summed E-state index contributed by atoms with van der Waals surface area (Å²) in [5, 5.41) is 30.8. The van der Waals surface area contributed by atoms with E-state index in [2.05, 4.69) is 4.98 Å². The first-order valence-corrected chi connectivity index (χ1v) is 7.52. The second kappa shape index (κ2) is 6.07. The molecule has 1 aromatic heterocycles. The Morgan fingerprint density at radius 3 is 2.46 bits per heavy atom. The molecule has 0 unspecified atom stereocenters. The van der Waals surface area contributed by atoms with Gasteiger partial charge in [-0.05, 0) is 24.6 Å². The average molecular weight is 326 g/mol. The average Bonchev–Trinajstić information content (AvgIpc) is 2.90. The van der Waals surface area contributed by atoms with Gasteiger partial charge < -0.3 is 19.9 Å². The van der Waals surface area contributed by atoms with Crippen molar-refractivity contribution in [3.63, 3.8) is 0 Å². The zero-order valence-electron chi connectivity index (χ0n) is 13.3. The van der Waals surface area contributed by atoms with Gasteiger partial charge in [0.2, 0.25) is 0 Å². The predicted molar refractivity (Wildman–Crippen MR) is 88.9 cm³/mol. The maximum absolute atomic E-state index is 12.5. The summed E-state index contributed by atoms with van der Waals surface area (Å²) < 4.78 is 1.79. The molecule has 0 saturated carbocycles. The molecular weight excluding hydrogens is 308 g/mol. The second-order valence-corrected chi connectivity index (χ2v) is 5.71. The Morgan fingerprint density at radius 2 is 1.79 bits per heavy atom. The van der Waals surface area contributed by atoms with Gasteiger partial charge in [-0.1, -0.05) is 30.3 Å². The molecule has 6 nitrogen and oxygen atoms in total. The first-order valence-electron chi connectivity index (χ1n) is 7.52. The Bertz CT molecular complexity index is 902. The first-order chi connectivity index (χ1) is 11.4. The molecular formula is C18H18N2O4. The number of phenols is 1. The van der Waals surface area contributed by atoms with Crippen molar-refractivity contribution < 1.29 is 20.1 Å². The molecule has 2 aromatic carbocycles. The van der Waals surface area contributed by atoms with Crippen LogP contribution in [0.15, 0.2) is 42.5 Å². The van der Waals surface area contributed by atoms with Crippen LogP contribution in [0.4, 0.5) is 0 Å². The molecule has 0 aliphatic heterocycles. The quantitative estimate of drug-likeness (QED) is 0.636. The van der Waals surface area contributed by atoms with E-state index in [-0.39, 0.29) is 11.3 Å². The Labute approximate surface area is 138 Å². The van der Waals surface area contributed by atoms with Crippen LogP contribution in [0.25, 0.3) is 11.0 Å². The highest BCUT2D eigenvalue weighted by atomic mass is 16.3. The highest BCUT2D eigenvalue weighted by Gasteiger charge is 2.29. The second-order valence-electron chi connectivity index (χ2n) is 5.71. The molecule has 2 atom stereocenters. The van der Waals surface area contributed by atoms with Crippen LogP contribution in [0.5, 0.6) is 5.75 Å². The molecule has 0 bridgehead atoms. The Balaban J connectivity index is 1.98. The van der Waals surface area contributed by atoms with E-state index in [0.29, 0.717) is 22.4 Å². The smallest absolute Gasteiger partial charge is 0.198 e. The molecule has 6 heteroatoms. The van der Waals surface area contributed by atoms with Crippen LogP contribution >= 0.6 is 0 Å². The minimum absolute atomic E-state index is 0.0666. The van der Waals surface area contributed by atoms with Gasteiger partial charge in [-0.2, -0.15) is 0 Å². The van der Waals surface area contributed by atoms with Crippen molar-refractivity contribution >= 4 is 16.8 Å². The molecule has 3 rings (SSSR count). The topological polar surface area (TPSA) is 95.6 Å². The van der Waals surface area contributed by atoms with E-state index >= 15 is 0 Å². The van der Waals surface area contributed by atoms with Gasteiger partial charge in [0, 0.05) is 7.05 Å². The third-order valence-electron chi connectivity index (χ3n) is 4.22. The van der Waals surface area contributed by atoms with E-state index in [4.69, 9.17) is 0 Å². The van der Waals surface area contributed by atoms with Crippen molar-refractivity contribution in [3.8, 4) is 5.75 Å². The van der Waals surface area contributed by atoms with Crippen molar-refractivity contribution in [1.82, 2.24) is 9.55 Å². The van der Waals surface area contributed by atoms with E-state index < -0.39 is 18.0 Å². The third-order valence-corrected chi connectivity index (χ3v) is 4.22. The number of ketones is 1. The number of aromatic nitrogens is 2. The number of fused-ring (bicyclic) bond motifs is 1. The molecule has 24 heavy (non-hydrogen) atoms. The normalized spacial score (nSPS) is 13.8. The van der Waals surface area contributed by atoms with E-state index in [1.807, 2.05) is 0 Å². The van der Waals surface area contributed by atoms with E-state index in [1.165, 1.54) is 6.07 Å². The lowest BCUT2D eigenvalue weighted by Crippen LogP contribution is -2.28. The SMILES string of the molecule is Cc1nc2c(O)c(C(=O)[C@H](O)[C@@H](O)c3ccccc3)ccc2n1C. The number of phenolic OH excluding ortho intramolecular Hbond substituents is 1. The highest BCUT2D eigenvalue weighted by molar-refractivity contribution is 6.05. The van der Waals surface area contributed by atoms with Crippen LogP contribution in [-0.4, -0.2) is 36.8 Å². The lowest BCUT2D eigenvalue weighted by Gasteiger charge is -2.17. The lowest BCUT2D eigenvalue weighted by molar-refractivity contribution is 0.0202. The third kappa shape index (κ3) is 2.55. The fourth-order valence-corrected chi connectivity index (χ4v) is 2.70. The summed E-state index contributed by atoms with van der Waals surface area (Å²) in [6.07, 6.45) is -3.06. The number of aromatic hydroxyl groups is 1. The van der Waals surface area contributed by atoms with Gasteiger partial charge in [0.25, 0.3) is 0 Å². The molecule has 0 spiro atoms. The van der Waals surface area contributed by atoms with Crippen LogP contribution in [-0.2, 0) is 7.05 Å². The monoisotopic (exact) mass is 326 g/mol. The number of nitrogens with zero attached hydrogens (tertiary/aromatic N) is 2. The van der Waals surface area contributed by atoms with Crippen LogP contribution < -0.4 is 0 Å². The maximum atomic E-state index is 12.5. The van der Waals surface area contributed by atoms with Crippen LogP contribution in [0.2, 0.25) is 0 Å². The maximum Gasteiger partial charge on any atom is 0.198 e. The Hall–Kier alpha value is -2.70. The number of hydrogen-bond donors (Lipinski definition) is 3. The van der Waals surface area contributed by atoms with Crippen molar-refractivity contribution in [2.45, 2.75) is 19.1 Å². The summed E-state index contributed by atoms with van der Waals surface area (Å²) in [5.74, 6) is -0.357. The molecule has 0 aliphatic carbocycles. The van der Waals surface area contributed by atoms with Gasteiger partial charge >= 0.3 is 0 Å². The number of Topliss-reactive ketones (excluding diaryl/α,β-unsaturated/α-hetero) is 1. The van der Waals surface area contributed by atoms with Gasteiger partial charge in [-0.3, -0.25) is 4.79 Å². The van der Waals surface area contributed by atoms with Gasteiger partial charge in [-0.25, -0.2) is 4.98 Å². The summed E-state index contributed by atoms with van der Waals surface area (Å²) in [5.41, 5.74) is 1.33. The van der Waals surface area contributed by atoms with Gasteiger partial charge in [0.1, 0.15) is 23.5 Å². The first kappa shape index (κ1) is 16.2. The largest absolute Gasteiger partial charge is 0.505 e. The Morgan fingerprint density at radius 1 is 1.12 bits per heavy atom. The molecule has 0 saturated heterocycles. The zero-order chi connectivity index (χ0) is 17.4. The molecule has 0 radical (unpaired) electrons. The van der Waals surface area contributed by atoms with Gasteiger partial charge in [0.15, 0.2) is 11.5 Å². The fourth-order valence-electron chi connectivity index (χ4n) is 2.70. The van der Waals surface area contributed by atoms with Crippen molar-refractivity contribution in [2.75, 3.05) is 0 Å². The summed E-state index contributed by atoms with van der Waals surface area (Å²) in [4.78, 5) is 16.7. The Kier molecular flexibility index (Phi) is 4.09. The van der Waals surface area contributed by atoms with Gasteiger partial charge in [0.05, 0.1) is 11.1 Å². The number of aliphatic hydroxyl groups excluding tert-OH is 2. The number of aliphatic hydroxyl groups is 2. The van der Waals surface area contributed by atoms with Gasteiger partial charge in [-0.15, -0.1) is 0 Å². The van der Waals surface area contributed by atoms with Crippen LogP contribution in [0, 0.1) is 6.92 Å². The standard InChI is InChI=1S/C18H18N2O4/c1-10-19-14-13(20(10)2)9-8-12(16(14)22)17(23)18(24)15(21)11-6-4-3-5-7-11/h3-9,15,18,21-22,24H,1-2H3/t15-,18+/m0/s1. The van der Waals surface area contributed by atoms with E-state index in [1.54, 1.807) is 54.9 Å². The molecule has 3 aromatic rings. The van der Waals surface area contributed by atoms with Crippen molar-refractivity contribution in [3.05, 3.63) is 59.4 Å². The minimum Gasteiger partial charge on any atom is -0.505 e. The van der Waals surface area contributed by atoms with E-state index in [0.717, 1.165) is 0 Å². The number of rotatable bonds is 4. The lowest BCUT2D eigenvalue weighted by atomic mass is 9.96. The fraction of sp³-hybridized carbons (Fsp3) is 0.222. The summed E-state index contributed by atoms with van der Waals surface area (Å²) in [6, 6.07) is 11.5. The summed E-state index contributed by atoms with van der Waals surface area (Å²) in [7, 11) is 1.81. The number of benzene rings is 2. The molecule has 0 fully saturated rings. The highest BCUT2D eigenvalue weighted by Crippen LogP contribution is 2.31. The predicted octanol–water partition coefficient (Wildman–Crippen LogP) is 1.86. The van der Waals surface area contributed by atoms with E-state index in [9.17, 15) is 20.1 Å². The number of hydrogen-bond acceptors (Lipinski definition) is 5. The van der Waals surface area contributed by atoms with Crippen LogP contribution in [0.1, 0.15) is 27.8 Å². The molecule has 124 valence electrons. The summed E-state index contributed by atoms with van der Waals surface area (Å²) >= 11 is 0. The number of carbonyl (C=O) groups is 1. The number of carbonyl (C=O) groups excluding carboxylic acids is 1. The molecule has 1 heterocycles.